The summed E-state index contributed by atoms with van der Waals surface area (Å²) in [7, 11) is 0. The minimum atomic E-state index is -0.372. The second-order valence-electron chi connectivity index (χ2n) is 7.19. The van der Waals surface area contributed by atoms with Crippen LogP contribution in [-0.2, 0) is 6.61 Å². The lowest BCUT2D eigenvalue weighted by molar-refractivity contribution is 0.101. The molecule has 1 aromatic heterocycles. The van der Waals surface area contributed by atoms with Gasteiger partial charge in [0.2, 0.25) is 0 Å². The van der Waals surface area contributed by atoms with Crippen molar-refractivity contribution in [3.63, 3.8) is 0 Å². The maximum Gasteiger partial charge on any atom is 0.277 e. The molecule has 0 fully saturated rings. The number of carbonyl (C=O) groups is 1. The van der Waals surface area contributed by atoms with Crippen molar-refractivity contribution >= 4 is 35.0 Å². The number of thioether (sulfide) groups is 1. The fraction of sp³-hybridized carbons (Fsp3) is 0.115. The van der Waals surface area contributed by atoms with Crippen molar-refractivity contribution in [2.24, 2.45) is 0 Å². The fourth-order valence-corrected chi connectivity index (χ4v) is 4.15. The molecule has 0 spiro atoms. The van der Waals surface area contributed by atoms with E-state index < -0.39 is 0 Å². The minimum Gasteiger partial charge on any atom is -0.489 e. The molecule has 1 amide bonds. The Hall–Kier alpha value is -3.73. The first-order valence-corrected chi connectivity index (χ1v) is 11.8. The average Bonchev–Trinajstić information content (AvgIpc) is 3.36. The van der Waals surface area contributed by atoms with Gasteiger partial charge in [-0.3, -0.25) is 4.79 Å². The summed E-state index contributed by atoms with van der Waals surface area (Å²) in [6, 6.07) is 26.0. The first-order valence-electron chi connectivity index (χ1n) is 10.5. The molecule has 1 N–H and O–H groups in total. The summed E-state index contributed by atoms with van der Waals surface area (Å²) >= 11 is 7.68. The highest BCUT2D eigenvalue weighted by atomic mass is 35.5. The molecule has 0 aliphatic heterocycles. The highest BCUT2D eigenvalue weighted by Crippen LogP contribution is 2.29. The van der Waals surface area contributed by atoms with Gasteiger partial charge in [0.1, 0.15) is 12.4 Å². The van der Waals surface area contributed by atoms with E-state index in [1.807, 2.05) is 72.8 Å². The maximum atomic E-state index is 12.7. The topological polar surface area (TPSA) is 88.2 Å². The van der Waals surface area contributed by atoms with E-state index in [9.17, 15) is 4.79 Å². The lowest BCUT2D eigenvalue weighted by Crippen LogP contribution is -2.12. The van der Waals surface area contributed by atoms with E-state index in [1.165, 1.54) is 11.8 Å². The van der Waals surface area contributed by atoms with Gasteiger partial charge in [-0.2, -0.15) is 5.26 Å². The zero-order valence-corrected chi connectivity index (χ0v) is 19.6. The van der Waals surface area contributed by atoms with E-state index in [2.05, 4.69) is 16.5 Å². The van der Waals surface area contributed by atoms with E-state index in [1.54, 1.807) is 6.07 Å². The first-order chi connectivity index (χ1) is 16.6. The number of nitrogens with zero attached hydrogens (tertiary/aromatic N) is 2. The molecule has 170 valence electrons. The van der Waals surface area contributed by atoms with Crippen molar-refractivity contribution in [2.75, 3.05) is 11.1 Å². The zero-order chi connectivity index (χ0) is 23.8. The predicted octanol–water partition coefficient (Wildman–Crippen LogP) is 6.83. The van der Waals surface area contributed by atoms with Crippen molar-refractivity contribution in [1.82, 2.24) is 5.16 Å². The SMILES string of the molecule is N#CCCSc1ccccc1NC(=O)c1cc(-c2ccc(OCc3ccccc3Cl)cc2)on1. The van der Waals surface area contributed by atoms with Crippen LogP contribution >= 0.6 is 23.4 Å². The smallest absolute Gasteiger partial charge is 0.277 e. The number of para-hydroxylation sites is 1. The third-order valence-electron chi connectivity index (χ3n) is 4.84. The molecular weight excluding hydrogens is 470 g/mol. The molecule has 34 heavy (non-hydrogen) atoms. The van der Waals surface area contributed by atoms with Gasteiger partial charge in [-0.05, 0) is 42.5 Å². The molecule has 0 radical (unpaired) electrons. The van der Waals surface area contributed by atoms with E-state index in [4.69, 9.17) is 26.1 Å². The lowest BCUT2D eigenvalue weighted by atomic mass is 10.1. The number of aromatic nitrogens is 1. The van der Waals surface area contributed by atoms with Crippen LogP contribution in [0.3, 0.4) is 0 Å². The van der Waals surface area contributed by atoms with Crippen molar-refractivity contribution < 1.29 is 14.1 Å². The number of carbonyl (C=O) groups excluding carboxylic acids is 1. The van der Waals surface area contributed by atoms with Gasteiger partial charge in [-0.15, -0.1) is 11.8 Å². The molecule has 4 aromatic rings. The van der Waals surface area contributed by atoms with Crippen molar-refractivity contribution in [3.8, 4) is 23.1 Å². The first kappa shape index (κ1) is 23.4. The number of nitrogens with one attached hydrogen (secondary N) is 1. The Bertz CT molecular complexity index is 1320. The number of anilines is 1. The highest BCUT2D eigenvalue weighted by Gasteiger charge is 2.15. The Balaban J connectivity index is 1.39. The van der Waals surface area contributed by atoms with Gasteiger partial charge in [0, 0.05) is 39.3 Å². The number of halogens is 1. The van der Waals surface area contributed by atoms with Crippen molar-refractivity contribution in [1.29, 1.82) is 5.26 Å². The predicted molar refractivity (Wildman–Crippen MR) is 133 cm³/mol. The van der Waals surface area contributed by atoms with Gasteiger partial charge < -0.3 is 14.6 Å². The number of rotatable bonds is 9. The molecule has 0 saturated carbocycles. The summed E-state index contributed by atoms with van der Waals surface area (Å²) in [5.41, 5.74) is 2.51. The summed E-state index contributed by atoms with van der Waals surface area (Å²) in [5, 5.41) is 16.2. The molecule has 6 nitrogen and oxygen atoms in total. The van der Waals surface area contributed by atoms with Gasteiger partial charge in [-0.25, -0.2) is 0 Å². The van der Waals surface area contributed by atoms with Crippen LogP contribution in [-0.4, -0.2) is 16.8 Å². The second kappa shape index (κ2) is 11.4. The molecule has 0 atom stereocenters. The summed E-state index contributed by atoms with van der Waals surface area (Å²) < 4.78 is 11.2. The molecule has 4 rings (SSSR count). The van der Waals surface area contributed by atoms with E-state index in [-0.39, 0.29) is 11.6 Å². The van der Waals surface area contributed by atoms with E-state index >= 15 is 0 Å². The number of benzene rings is 3. The van der Waals surface area contributed by atoms with Crippen LogP contribution in [0.15, 0.2) is 88.3 Å². The number of nitriles is 1. The number of ether oxygens (including phenoxy) is 1. The minimum absolute atomic E-state index is 0.172. The Morgan fingerprint density at radius 2 is 1.85 bits per heavy atom. The molecule has 1 heterocycles. The van der Waals surface area contributed by atoms with Gasteiger partial charge in [0.25, 0.3) is 5.91 Å². The van der Waals surface area contributed by atoms with Gasteiger partial charge in [-0.1, -0.05) is 47.1 Å². The van der Waals surface area contributed by atoms with Gasteiger partial charge in [0.15, 0.2) is 11.5 Å². The number of amides is 1. The average molecular weight is 490 g/mol. The van der Waals surface area contributed by atoms with Crippen LogP contribution in [0.5, 0.6) is 5.75 Å². The number of hydrogen-bond acceptors (Lipinski definition) is 6. The highest BCUT2D eigenvalue weighted by molar-refractivity contribution is 7.99. The fourth-order valence-electron chi connectivity index (χ4n) is 3.10. The van der Waals surface area contributed by atoms with Gasteiger partial charge >= 0.3 is 0 Å². The lowest BCUT2D eigenvalue weighted by Gasteiger charge is -2.08. The van der Waals surface area contributed by atoms with Crippen LogP contribution in [0.2, 0.25) is 5.02 Å². The van der Waals surface area contributed by atoms with E-state index in [0.717, 1.165) is 16.0 Å². The summed E-state index contributed by atoms with van der Waals surface area (Å²) in [5.74, 6) is 1.43. The van der Waals surface area contributed by atoms with Crippen LogP contribution in [0.25, 0.3) is 11.3 Å². The van der Waals surface area contributed by atoms with Crippen molar-refractivity contribution in [3.05, 3.63) is 95.1 Å². The normalized spacial score (nSPS) is 10.5. The summed E-state index contributed by atoms with van der Waals surface area (Å²) in [4.78, 5) is 13.6. The molecule has 0 saturated heterocycles. The molecule has 0 aliphatic carbocycles. The van der Waals surface area contributed by atoms with Crippen LogP contribution in [0, 0.1) is 11.3 Å². The monoisotopic (exact) mass is 489 g/mol. The second-order valence-corrected chi connectivity index (χ2v) is 8.73. The quantitative estimate of drug-likeness (QED) is 0.205. The van der Waals surface area contributed by atoms with Crippen LogP contribution in [0.4, 0.5) is 5.69 Å². The number of hydrogen-bond donors (Lipinski definition) is 1. The Labute approximate surface area is 206 Å². The molecule has 3 aromatic carbocycles. The summed E-state index contributed by atoms with van der Waals surface area (Å²) in [6.45, 7) is 0.363. The molecular formula is C26H20ClN3O3S. The molecule has 0 bridgehead atoms. The largest absolute Gasteiger partial charge is 0.489 e. The molecule has 0 unspecified atom stereocenters. The Kier molecular flexibility index (Phi) is 7.87. The van der Waals surface area contributed by atoms with E-state index in [0.29, 0.717) is 41.0 Å². The van der Waals surface area contributed by atoms with Gasteiger partial charge in [0.05, 0.1) is 11.8 Å². The summed E-state index contributed by atoms with van der Waals surface area (Å²) in [6.07, 6.45) is 0.434. The van der Waals surface area contributed by atoms with Crippen molar-refractivity contribution in [2.45, 2.75) is 17.9 Å². The third kappa shape index (κ3) is 5.98. The molecule has 0 aliphatic rings. The standard InChI is InChI=1S/C26H20ClN3O3S/c27-21-7-2-1-6-19(21)17-32-20-12-10-18(11-13-20)24-16-23(30-33-24)26(31)29-22-8-3-4-9-25(22)34-15-5-14-28/h1-4,6-13,16H,5,15,17H2,(H,29,31). The maximum absolute atomic E-state index is 12.7. The molecule has 8 heteroatoms. The van der Waals surface area contributed by atoms with Crippen LogP contribution in [0.1, 0.15) is 22.5 Å². The zero-order valence-electron chi connectivity index (χ0n) is 18.0. The third-order valence-corrected chi connectivity index (χ3v) is 6.28. The van der Waals surface area contributed by atoms with Crippen LogP contribution < -0.4 is 10.1 Å². The Morgan fingerprint density at radius 3 is 2.65 bits per heavy atom. The Morgan fingerprint density at radius 1 is 1.09 bits per heavy atom.